The van der Waals surface area contributed by atoms with Gasteiger partial charge in [-0.3, -0.25) is 24.0 Å². The van der Waals surface area contributed by atoms with Crippen molar-refractivity contribution in [1.29, 1.82) is 0 Å². The lowest BCUT2D eigenvalue weighted by Crippen LogP contribution is -2.48. The van der Waals surface area contributed by atoms with Gasteiger partial charge >= 0.3 is 0 Å². The molecule has 0 saturated carbocycles. The fraction of sp³-hybridized carbons (Fsp3) is 0.433. The molecule has 11 heteroatoms. The average Bonchev–Trinajstić information content (AvgIpc) is 3.36. The Bertz CT molecular complexity index is 1300. The molecule has 2 aromatic rings. The van der Waals surface area contributed by atoms with Gasteiger partial charge < -0.3 is 30.5 Å². The largest absolute Gasteiger partial charge is 0.491 e. The number of ether oxygens (including phenoxy) is 1. The number of likely N-dealkylation sites (N-methyl/N-ethyl adjacent to an activating group) is 1. The molecule has 0 aromatic heterocycles. The summed E-state index contributed by atoms with van der Waals surface area (Å²) in [6.45, 7) is 3.47. The maximum atomic E-state index is 13.3. The first-order valence-corrected chi connectivity index (χ1v) is 13.9. The number of rotatable bonds is 5. The minimum absolute atomic E-state index is 0.0281. The molecule has 5 amide bonds. The van der Waals surface area contributed by atoms with Crippen molar-refractivity contribution in [1.82, 2.24) is 25.8 Å². The predicted molar refractivity (Wildman–Crippen MR) is 151 cm³/mol. The molecule has 2 atom stereocenters. The number of carbonyl (C=O) groups excluding carboxylic acids is 5. The molecule has 2 heterocycles. The molecular formula is C30H37N5O6. The molecule has 2 aliphatic rings. The van der Waals surface area contributed by atoms with E-state index in [1.807, 2.05) is 29.2 Å². The number of para-hydroxylation sites is 1. The molecular weight excluding hydrogens is 526 g/mol. The maximum Gasteiger partial charge on any atom is 0.255 e. The molecule has 218 valence electrons. The van der Waals surface area contributed by atoms with Crippen molar-refractivity contribution in [2.75, 3.05) is 26.7 Å². The summed E-state index contributed by atoms with van der Waals surface area (Å²) in [7, 11) is 1.62. The molecule has 3 N–H and O–H groups in total. The van der Waals surface area contributed by atoms with Gasteiger partial charge in [-0.1, -0.05) is 36.4 Å². The van der Waals surface area contributed by atoms with Crippen molar-refractivity contribution in [2.45, 2.75) is 57.8 Å². The van der Waals surface area contributed by atoms with Crippen molar-refractivity contribution >= 4 is 29.5 Å². The first kappa shape index (κ1) is 29.6. The second-order valence-electron chi connectivity index (χ2n) is 10.4. The van der Waals surface area contributed by atoms with E-state index in [1.165, 1.54) is 4.90 Å². The Morgan fingerprint density at radius 2 is 1.78 bits per heavy atom. The number of amides is 5. The zero-order chi connectivity index (χ0) is 29.4. The summed E-state index contributed by atoms with van der Waals surface area (Å²) < 4.78 is 5.81. The molecule has 41 heavy (non-hydrogen) atoms. The van der Waals surface area contributed by atoms with Crippen LogP contribution in [0.25, 0.3) is 0 Å². The first-order chi connectivity index (χ1) is 19.7. The molecule has 11 nitrogen and oxygen atoms in total. The summed E-state index contributed by atoms with van der Waals surface area (Å²) >= 11 is 0. The summed E-state index contributed by atoms with van der Waals surface area (Å²) in [5.74, 6) is -1.16. The van der Waals surface area contributed by atoms with E-state index in [9.17, 15) is 24.0 Å². The third-order valence-corrected chi connectivity index (χ3v) is 7.22. The van der Waals surface area contributed by atoms with E-state index in [0.717, 1.165) is 24.1 Å². The third kappa shape index (κ3) is 8.06. The Balaban J connectivity index is 1.47. The van der Waals surface area contributed by atoms with E-state index in [4.69, 9.17) is 4.74 Å². The van der Waals surface area contributed by atoms with Gasteiger partial charge in [0.15, 0.2) is 0 Å². The Hall–Kier alpha value is -4.41. The fourth-order valence-electron chi connectivity index (χ4n) is 4.91. The number of hydrogen-bond acceptors (Lipinski definition) is 6. The van der Waals surface area contributed by atoms with Crippen molar-refractivity contribution in [3.63, 3.8) is 0 Å². The fourth-order valence-corrected chi connectivity index (χ4v) is 4.91. The SMILES string of the molecule is C[C@@H]1NC(=O)CC[C@@H](C(=O)NCc2cccc(CN3CCCC3=O)c2)NC(=O)c2ccccc2OCCN(C)C1=O. The second kappa shape index (κ2) is 13.8. The van der Waals surface area contributed by atoms with Gasteiger partial charge in [-0.2, -0.15) is 0 Å². The lowest BCUT2D eigenvalue weighted by molar-refractivity contribution is -0.135. The molecule has 0 bridgehead atoms. The summed E-state index contributed by atoms with van der Waals surface area (Å²) in [5.41, 5.74) is 2.06. The van der Waals surface area contributed by atoms with Crippen LogP contribution in [0.15, 0.2) is 48.5 Å². The normalized spacial score (nSPS) is 20.7. The summed E-state index contributed by atoms with van der Waals surface area (Å²) in [6, 6.07) is 12.6. The van der Waals surface area contributed by atoms with Crippen LogP contribution < -0.4 is 20.7 Å². The van der Waals surface area contributed by atoms with Gasteiger partial charge in [0.1, 0.15) is 24.4 Å². The zero-order valence-corrected chi connectivity index (χ0v) is 23.5. The van der Waals surface area contributed by atoms with Gasteiger partial charge in [0.2, 0.25) is 23.6 Å². The molecule has 2 aliphatic heterocycles. The molecule has 0 unspecified atom stereocenters. The van der Waals surface area contributed by atoms with Crippen molar-refractivity contribution in [3.05, 3.63) is 65.2 Å². The number of carbonyl (C=O) groups is 5. The topological polar surface area (TPSA) is 137 Å². The van der Waals surface area contributed by atoms with Crippen LogP contribution in [0, 0.1) is 0 Å². The zero-order valence-electron chi connectivity index (χ0n) is 23.5. The van der Waals surface area contributed by atoms with Crippen LogP contribution in [-0.4, -0.2) is 78.2 Å². The summed E-state index contributed by atoms with van der Waals surface area (Å²) in [5, 5.41) is 8.30. The van der Waals surface area contributed by atoms with Crippen molar-refractivity contribution in [2.24, 2.45) is 0 Å². The van der Waals surface area contributed by atoms with Gasteiger partial charge in [0, 0.05) is 39.5 Å². The van der Waals surface area contributed by atoms with E-state index in [1.54, 1.807) is 38.2 Å². The van der Waals surface area contributed by atoms with Gasteiger partial charge in [0.05, 0.1) is 12.1 Å². The van der Waals surface area contributed by atoms with E-state index in [0.29, 0.717) is 18.7 Å². The minimum Gasteiger partial charge on any atom is -0.491 e. The van der Waals surface area contributed by atoms with Crippen LogP contribution in [-0.2, 0) is 32.3 Å². The summed E-state index contributed by atoms with van der Waals surface area (Å²) in [4.78, 5) is 67.1. The second-order valence-corrected chi connectivity index (χ2v) is 10.4. The lowest BCUT2D eigenvalue weighted by Gasteiger charge is -2.22. The summed E-state index contributed by atoms with van der Waals surface area (Å²) in [6.07, 6.45) is 1.39. The van der Waals surface area contributed by atoms with E-state index in [2.05, 4.69) is 16.0 Å². The van der Waals surface area contributed by atoms with Gasteiger partial charge in [0.25, 0.3) is 5.91 Å². The predicted octanol–water partition coefficient (Wildman–Crippen LogP) is 1.36. The van der Waals surface area contributed by atoms with E-state index in [-0.39, 0.29) is 49.9 Å². The molecule has 2 aromatic carbocycles. The van der Waals surface area contributed by atoms with Crippen LogP contribution in [0.3, 0.4) is 0 Å². The van der Waals surface area contributed by atoms with Crippen LogP contribution in [0.4, 0.5) is 0 Å². The van der Waals surface area contributed by atoms with Crippen LogP contribution in [0.5, 0.6) is 5.75 Å². The number of likely N-dealkylation sites (tertiary alicyclic amines) is 1. The number of fused-ring (bicyclic) bond motifs is 1. The molecule has 1 fully saturated rings. The van der Waals surface area contributed by atoms with E-state index >= 15 is 0 Å². The van der Waals surface area contributed by atoms with Crippen molar-refractivity contribution in [3.8, 4) is 5.75 Å². The Morgan fingerprint density at radius 1 is 1.00 bits per heavy atom. The molecule has 0 spiro atoms. The van der Waals surface area contributed by atoms with Gasteiger partial charge in [-0.15, -0.1) is 0 Å². The highest BCUT2D eigenvalue weighted by molar-refractivity contribution is 5.99. The third-order valence-electron chi connectivity index (χ3n) is 7.22. The first-order valence-electron chi connectivity index (χ1n) is 13.9. The minimum atomic E-state index is -1.01. The molecule has 4 rings (SSSR count). The number of nitrogens with one attached hydrogen (secondary N) is 3. The van der Waals surface area contributed by atoms with Crippen LogP contribution in [0.2, 0.25) is 0 Å². The maximum absolute atomic E-state index is 13.3. The highest BCUT2D eigenvalue weighted by atomic mass is 16.5. The number of benzene rings is 2. The monoisotopic (exact) mass is 563 g/mol. The Labute approximate surface area is 239 Å². The van der Waals surface area contributed by atoms with Crippen LogP contribution in [0.1, 0.15) is 54.1 Å². The molecule has 1 saturated heterocycles. The lowest BCUT2D eigenvalue weighted by atomic mass is 10.1. The molecule has 0 radical (unpaired) electrons. The highest BCUT2D eigenvalue weighted by Crippen LogP contribution is 2.19. The Kier molecular flexibility index (Phi) is 9.94. The van der Waals surface area contributed by atoms with Gasteiger partial charge in [-0.25, -0.2) is 0 Å². The number of nitrogens with zero attached hydrogens (tertiary/aromatic N) is 2. The van der Waals surface area contributed by atoms with Crippen LogP contribution >= 0.6 is 0 Å². The van der Waals surface area contributed by atoms with E-state index < -0.39 is 29.8 Å². The number of hydrogen-bond donors (Lipinski definition) is 3. The Morgan fingerprint density at radius 3 is 2.56 bits per heavy atom. The smallest absolute Gasteiger partial charge is 0.255 e. The van der Waals surface area contributed by atoms with Crippen molar-refractivity contribution < 1.29 is 28.7 Å². The van der Waals surface area contributed by atoms with Gasteiger partial charge in [-0.05, 0) is 43.0 Å². The standard InChI is InChI=1S/C30H37N5O6/c1-20-30(40)34(2)15-16-41-25-10-4-3-9-23(25)28(38)33-24(12-13-26(36)32-20)29(39)31-18-21-7-5-8-22(17-21)19-35-14-6-11-27(35)37/h3-5,7-10,17,20,24H,6,11-16,18-19H2,1-2H3,(H,31,39)(H,32,36)(H,33,38)/t20-,24-/m0/s1. The highest BCUT2D eigenvalue weighted by Gasteiger charge is 2.26. The average molecular weight is 564 g/mol. The molecule has 0 aliphatic carbocycles. The quantitative estimate of drug-likeness (QED) is 0.503.